The number of rotatable bonds is 7. The first-order chi connectivity index (χ1) is 13.2. The van der Waals surface area contributed by atoms with E-state index < -0.39 is 0 Å². The van der Waals surface area contributed by atoms with E-state index in [0.29, 0.717) is 32.7 Å². The number of carbonyl (C=O) groups excluding carboxylic acids is 1. The molecular formula is C21H26FN3O2. The second-order valence-corrected chi connectivity index (χ2v) is 6.59. The van der Waals surface area contributed by atoms with Gasteiger partial charge in [-0.25, -0.2) is 9.18 Å². The predicted molar refractivity (Wildman–Crippen MR) is 103 cm³/mol. The molecule has 2 aromatic carbocycles. The van der Waals surface area contributed by atoms with E-state index in [-0.39, 0.29) is 17.9 Å². The SMILES string of the molecule is O=C(NCCc1ccc(F)cc1)NC[C@H](c1ccccc1)N1CCOCC1. The van der Waals surface area contributed by atoms with Crippen LogP contribution in [0.5, 0.6) is 0 Å². The van der Waals surface area contributed by atoms with Gasteiger partial charge in [-0.05, 0) is 29.7 Å². The number of benzene rings is 2. The van der Waals surface area contributed by atoms with Gasteiger partial charge in [0.05, 0.1) is 19.3 Å². The minimum Gasteiger partial charge on any atom is -0.379 e. The van der Waals surface area contributed by atoms with Crippen LogP contribution in [-0.4, -0.2) is 50.3 Å². The minimum absolute atomic E-state index is 0.123. The Bertz CT molecular complexity index is 703. The van der Waals surface area contributed by atoms with Crippen LogP contribution in [0.4, 0.5) is 9.18 Å². The zero-order valence-electron chi connectivity index (χ0n) is 15.4. The van der Waals surface area contributed by atoms with Gasteiger partial charge in [0.2, 0.25) is 0 Å². The summed E-state index contributed by atoms with van der Waals surface area (Å²) in [6, 6.07) is 16.5. The summed E-state index contributed by atoms with van der Waals surface area (Å²) >= 11 is 0. The third kappa shape index (κ3) is 6.05. The van der Waals surface area contributed by atoms with Gasteiger partial charge >= 0.3 is 6.03 Å². The molecule has 0 bridgehead atoms. The summed E-state index contributed by atoms with van der Waals surface area (Å²) in [4.78, 5) is 14.5. The zero-order valence-corrected chi connectivity index (χ0v) is 15.4. The van der Waals surface area contributed by atoms with Crippen molar-refractivity contribution in [1.82, 2.24) is 15.5 Å². The molecule has 0 radical (unpaired) electrons. The standard InChI is InChI=1S/C21H26FN3O2/c22-19-8-6-17(7-9-19)10-11-23-21(26)24-16-20(18-4-2-1-3-5-18)25-12-14-27-15-13-25/h1-9,20H,10-16H2,(H2,23,24,26)/t20-/m1/s1. The van der Waals surface area contributed by atoms with Gasteiger partial charge in [-0.3, -0.25) is 4.90 Å². The van der Waals surface area contributed by atoms with Gasteiger partial charge in [-0.15, -0.1) is 0 Å². The molecule has 1 fully saturated rings. The maximum Gasteiger partial charge on any atom is 0.314 e. The molecule has 0 aliphatic carbocycles. The topological polar surface area (TPSA) is 53.6 Å². The number of amides is 2. The Labute approximate surface area is 159 Å². The van der Waals surface area contributed by atoms with Crippen LogP contribution in [0.3, 0.4) is 0 Å². The molecule has 1 aliphatic heterocycles. The Morgan fingerprint density at radius 1 is 1.04 bits per heavy atom. The molecule has 6 heteroatoms. The second kappa shape index (κ2) is 10.0. The molecule has 1 atom stereocenters. The van der Waals surface area contributed by atoms with Crippen LogP contribution >= 0.6 is 0 Å². The van der Waals surface area contributed by atoms with Crippen LogP contribution in [0.1, 0.15) is 17.2 Å². The number of halogens is 1. The molecule has 1 aliphatic rings. The second-order valence-electron chi connectivity index (χ2n) is 6.59. The smallest absolute Gasteiger partial charge is 0.314 e. The molecule has 5 nitrogen and oxygen atoms in total. The van der Waals surface area contributed by atoms with Crippen LogP contribution in [0.25, 0.3) is 0 Å². The monoisotopic (exact) mass is 371 g/mol. The molecule has 27 heavy (non-hydrogen) atoms. The first-order valence-electron chi connectivity index (χ1n) is 9.35. The highest BCUT2D eigenvalue weighted by atomic mass is 19.1. The van der Waals surface area contributed by atoms with Crippen molar-refractivity contribution in [3.8, 4) is 0 Å². The van der Waals surface area contributed by atoms with E-state index in [4.69, 9.17) is 4.74 Å². The van der Waals surface area contributed by atoms with Crippen molar-refractivity contribution >= 4 is 6.03 Å². The number of carbonyl (C=O) groups is 1. The Morgan fingerprint density at radius 2 is 1.74 bits per heavy atom. The molecule has 1 heterocycles. The summed E-state index contributed by atoms with van der Waals surface area (Å²) in [6.45, 7) is 4.18. The fourth-order valence-electron chi connectivity index (χ4n) is 3.25. The third-order valence-corrected chi connectivity index (χ3v) is 4.74. The molecule has 0 unspecified atom stereocenters. The maximum atomic E-state index is 12.9. The fourth-order valence-corrected chi connectivity index (χ4v) is 3.25. The summed E-state index contributed by atoms with van der Waals surface area (Å²) in [5, 5.41) is 5.85. The largest absolute Gasteiger partial charge is 0.379 e. The molecule has 3 rings (SSSR count). The van der Waals surface area contributed by atoms with E-state index in [2.05, 4.69) is 27.7 Å². The van der Waals surface area contributed by atoms with Crippen molar-refractivity contribution in [3.05, 3.63) is 71.5 Å². The highest BCUT2D eigenvalue weighted by molar-refractivity contribution is 5.73. The van der Waals surface area contributed by atoms with Crippen molar-refractivity contribution in [2.45, 2.75) is 12.5 Å². The van der Waals surface area contributed by atoms with E-state index in [1.807, 2.05) is 18.2 Å². The zero-order chi connectivity index (χ0) is 18.9. The highest BCUT2D eigenvalue weighted by Gasteiger charge is 2.22. The summed E-state index contributed by atoms with van der Waals surface area (Å²) < 4.78 is 18.4. The number of hydrogen-bond donors (Lipinski definition) is 2. The minimum atomic E-state index is -0.250. The molecule has 144 valence electrons. The van der Waals surface area contributed by atoms with E-state index >= 15 is 0 Å². The van der Waals surface area contributed by atoms with Gasteiger partial charge in [0.1, 0.15) is 5.82 Å². The highest BCUT2D eigenvalue weighted by Crippen LogP contribution is 2.20. The van der Waals surface area contributed by atoms with Crippen LogP contribution < -0.4 is 10.6 Å². The quantitative estimate of drug-likeness (QED) is 0.787. The van der Waals surface area contributed by atoms with Crippen molar-refractivity contribution < 1.29 is 13.9 Å². The van der Waals surface area contributed by atoms with Gasteiger partial charge in [0.25, 0.3) is 0 Å². The first-order valence-corrected chi connectivity index (χ1v) is 9.35. The summed E-state index contributed by atoms with van der Waals surface area (Å²) in [6.07, 6.45) is 0.666. The van der Waals surface area contributed by atoms with Gasteiger partial charge in [0, 0.05) is 26.2 Å². The summed E-state index contributed by atoms with van der Waals surface area (Å²) in [5.41, 5.74) is 2.18. The number of hydrogen-bond acceptors (Lipinski definition) is 3. The van der Waals surface area contributed by atoms with E-state index in [9.17, 15) is 9.18 Å². The predicted octanol–water partition coefficient (Wildman–Crippen LogP) is 2.74. The summed E-state index contributed by atoms with van der Waals surface area (Å²) in [5.74, 6) is -0.250. The van der Waals surface area contributed by atoms with E-state index in [1.54, 1.807) is 12.1 Å². The van der Waals surface area contributed by atoms with Crippen molar-refractivity contribution in [1.29, 1.82) is 0 Å². The number of ether oxygens (including phenoxy) is 1. The first kappa shape index (κ1) is 19.3. The molecule has 2 amide bonds. The lowest BCUT2D eigenvalue weighted by molar-refractivity contribution is 0.0167. The summed E-state index contributed by atoms with van der Waals surface area (Å²) in [7, 11) is 0. The Hall–Kier alpha value is -2.44. The molecule has 1 saturated heterocycles. The van der Waals surface area contributed by atoms with Gasteiger partial charge in [0.15, 0.2) is 0 Å². The lowest BCUT2D eigenvalue weighted by Crippen LogP contribution is -2.46. The number of urea groups is 1. The van der Waals surface area contributed by atoms with Crippen molar-refractivity contribution in [2.24, 2.45) is 0 Å². The van der Waals surface area contributed by atoms with Crippen LogP contribution in [-0.2, 0) is 11.2 Å². The molecule has 2 aromatic rings. The molecule has 2 N–H and O–H groups in total. The lowest BCUT2D eigenvalue weighted by atomic mass is 10.0. The molecular weight excluding hydrogens is 345 g/mol. The Balaban J connectivity index is 1.48. The third-order valence-electron chi connectivity index (χ3n) is 4.74. The fraction of sp³-hybridized carbons (Fsp3) is 0.381. The van der Waals surface area contributed by atoms with Crippen LogP contribution in [0.2, 0.25) is 0 Å². The molecule has 0 saturated carbocycles. The molecule has 0 spiro atoms. The normalized spacial score (nSPS) is 15.9. The Morgan fingerprint density at radius 3 is 2.44 bits per heavy atom. The van der Waals surface area contributed by atoms with Crippen LogP contribution in [0.15, 0.2) is 54.6 Å². The van der Waals surface area contributed by atoms with Gasteiger partial charge in [-0.2, -0.15) is 0 Å². The maximum absolute atomic E-state index is 12.9. The number of nitrogens with one attached hydrogen (secondary N) is 2. The lowest BCUT2D eigenvalue weighted by Gasteiger charge is -2.34. The Kier molecular flexibility index (Phi) is 7.19. The van der Waals surface area contributed by atoms with E-state index in [0.717, 1.165) is 18.7 Å². The number of nitrogens with zero attached hydrogens (tertiary/aromatic N) is 1. The average molecular weight is 371 g/mol. The van der Waals surface area contributed by atoms with E-state index in [1.165, 1.54) is 17.7 Å². The molecule has 0 aromatic heterocycles. The van der Waals surface area contributed by atoms with Gasteiger partial charge < -0.3 is 15.4 Å². The average Bonchev–Trinajstić information content (AvgIpc) is 2.71. The van der Waals surface area contributed by atoms with Crippen molar-refractivity contribution in [3.63, 3.8) is 0 Å². The van der Waals surface area contributed by atoms with Crippen LogP contribution in [0, 0.1) is 5.82 Å². The van der Waals surface area contributed by atoms with Crippen molar-refractivity contribution in [2.75, 3.05) is 39.4 Å². The number of morpholine rings is 1. The van der Waals surface area contributed by atoms with Gasteiger partial charge in [-0.1, -0.05) is 42.5 Å².